The number of nitrogens with zero attached hydrogens (tertiary/aromatic N) is 2. The maximum Gasteiger partial charge on any atom is 0.307 e. The molecule has 2 aromatic carbocycles. The molecule has 0 aliphatic heterocycles. The van der Waals surface area contributed by atoms with Crippen LogP contribution in [-0.4, -0.2) is 36.3 Å². The second-order valence-electron chi connectivity index (χ2n) is 7.37. The molecule has 0 radical (unpaired) electrons. The van der Waals surface area contributed by atoms with Gasteiger partial charge in [-0.05, 0) is 48.7 Å². The highest BCUT2D eigenvalue weighted by Crippen LogP contribution is 2.30. The second-order valence-corrected chi connectivity index (χ2v) is 9.67. The molecule has 2 aromatic rings. The third kappa shape index (κ3) is 6.24. The zero-order valence-electron chi connectivity index (χ0n) is 17.8. The van der Waals surface area contributed by atoms with Crippen LogP contribution >= 0.6 is 11.6 Å². The van der Waals surface area contributed by atoms with Crippen LogP contribution in [0, 0.1) is 21.8 Å². The Morgan fingerprint density at radius 3 is 2.38 bits per heavy atom. The van der Waals surface area contributed by atoms with Crippen LogP contribution in [0.3, 0.4) is 0 Å². The van der Waals surface area contributed by atoms with Crippen molar-refractivity contribution in [1.29, 1.82) is 0 Å². The third-order valence-electron chi connectivity index (χ3n) is 4.79. The standard InChI is InChI=1S/C21H24ClFN2O6S/c1-4-31-21(26)12-19(14(2)3)24(32(29,30)17-8-6-16(23)7-9-17)13-15-5-10-18(22)20(11-15)25(27)28/h5-11,14,19H,4,12-13H2,1-3H3/t19-/m0/s1. The van der Waals surface area contributed by atoms with E-state index in [0.717, 1.165) is 28.6 Å². The minimum atomic E-state index is -4.21. The van der Waals surface area contributed by atoms with Gasteiger partial charge in [-0.3, -0.25) is 14.9 Å². The summed E-state index contributed by atoms with van der Waals surface area (Å²) in [5, 5.41) is 11.2. The van der Waals surface area contributed by atoms with E-state index < -0.39 is 32.8 Å². The van der Waals surface area contributed by atoms with E-state index in [1.807, 2.05) is 0 Å². The van der Waals surface area contributed by atoms with Gasteiger partial charge in [0.15, 0.2) is 0 Å². The van der Waals surface area contributed by atoms with Crippen molar-refractivity contribution >= 4 is 33.3 Å². The van der Waals surface area contributed by atoms with Gasteiger partial charge in [-0.1, -0.05) is 31.5 Å². The van der Waals surface area contributed by atoms with Gasteiger partial charge in [-0.2, -0.15) is 4.31 Å². The number of carbonyl (C=O) groups excluding carboxylic acids is 1. The molecule has 32 heavy (non-hydrogen) atoms. The summed E-state index contributed by atoms with van der Waals surface area (Å²) in [4.78, 5) is 22.6. The number of esters is 1. The van der Waals surface area contributed by atoms with Gasteiger partial charge < -0.3 is 4.74 Å². The highest BCUT2D eigenvalue weighted by atomic mass is 35.5. The van der Waals surface area contributed by atoms with Gasteiger partial charge in [0.1, 0.15) is 10.8 Å². The molecule has 0 amide bonds. The van der Waals surface area contributed by atoms with Crippen molar-refractivity contribution in [3.05, 3.63) is 69.0 Å². The lowest BCUT2D eigenvalue weighted by Gasteiger charge is -2.33. The molecule has 174 valence electrons. The fraction of sp³-hybridized carbons (Fsp3) is 0.381. The molecule has 0 saturated carbocycles. The first-order valence-electron chi connectivity index (χ1n) is 9.83. The van der Waals surface area contributed by atoms with Gasteiger partial charge in [0.2, 0.25) is 10.0 Å². The number of nitro groups is 1. The van der Waals surface area contributed by atoms with Crippen molar-refractivity contribution in [2.24, 2.45) is 5.92 Å². The predicted octanol–water partition coefficient (Wildman–Crippen LogP) is 4.56. The summed E-state index contributed by atoms with van der Waals surface area (Å²) in [7, 11) is -4.21. The third-order valence-corrected chi connectivity index (χ3v) is 6.99. The van der Waals surface area contributed by atoms with Crippen LogP contribution in [0.2, 0.25) is 5.02 Å². The van der Waals surface area contributed by atoms with Crippen molar-refractivity contribution in [1.82, 2.24) is 4.31 Å². The largest absolute Gasteiger partial charge is 0.466 e. The number of hydrogen-bond acceptors (Lipinski definition) is 6. The van der Waals surface area contributed by atoms with E-state index >= 15 is 0 Å². The first-order chi connectivity index (χ1) is 15.0. The molecule has 0 spiro atoms. The lowest BCUT2D eigenvalue weighted by molar-refractivity contribution is -0.384. The number of rotatable bonds is 10. The fourth-order valence-corrected chi connectivity index (χ4v) is 5.09. The van der Waals surface area contributed by atoms with Gasteiger partial charge in [0.05, 0.1) is 22.8 Å². The van der Waals surface area contributed by atoms with Crippen LogP contribution in [0.15, 0.2) is 47.4 Å². The summed E-state index contributed by atoms with van der Waals surface area (Å²) in [6.07, 6.45) is -0.221. The Balaban J connectivity index is 2.57. The van der Waals surface area contributed by atoms with E-state index in [4.69, 9.17) is 16.3 Å². The molecule has 11 heteroatoms. The van der Waals surface area contributed by atoms with Crippen LogP contribution in [0.4, 0.5) is 10.1 Å². The van der Waals surface area contributed by atoms with Crippen molar-refractivity contribution in [2.45, 2.75) is 44.7 Å². The van der Waals surface area contributed by atoms with E-state index in [9.17, 15) is 27.7 Å². The average Bonchev–Trinajstić information content (AvgIpc) is 2.71. The van der Waals surface area contributed by atoms with Crippen LogP contribution < -0.4 is 0 Å². The van der Waals surface area contributed by atoms with E-state index in [-0.39, 0.29) is 41.1 Å². The minimum Gasteiger partial charge on any atom is -0.466 e. The predicted molar refractivity (Wildman–Crippen MR) is 117 cm³/mol. The Labute approximate surface area is 191 Å². The normalized spacial score (nSPS) is 12.7. The Bertz CT molecular complexity index is 1080. The van der Waals surface area contributed by atoms with Gasteiger partial charge in [0.25, 0.3) is 5.69 Å². The smallest absolute Gasteiger partial charge is 0.307 e. The number of hydrogen-bond donors (Lipinski definition) is 0. The van der Waals surface area contributed by atoms with Crippen molar-refractivity contribution in [2.75, 3.05) is 6.61 Å². The number of benzene rings is 2. The summed E-state index contributed by atoms with van der Waals surface area (Å²) >= 11 is 5.87. The van der Waals surface area contributed by atoms with Crippen LogP contribution in [-0.2, 0) is 26.1 Å². The Kier molecular flexibility index (Phi) is 8.71. The Morgan fingerprint density at radius 1 is 1.22 bits per heavy atom. The summed E-state index contributed by atoms with van der Waals surface area (Å²) in [5.41, 5.74) is -0.0592. The molecule has 1 atom stereocenters. The quantitative estimate of drug-likeness (QED) is 0.277. The molecule has 0 aliphatic carbocycles. The molecule has 0 aromatic heterocycles. The van der Waals surface area contributed by atoms with E-state index in [2.05, 4.69) is 0 Å². The number of halogens is 2. The Morgan fingerprint density at radius 2 is 1.84 bits per heavy atom. The topological polar surface area (TPSA) is 107 Å². The number of ether oxygens (including phenoxy) is 1. The number of sulfonamides is 1. The van der Waals surface area contributed by atoms with Crippen LogP contribution in [0.1, 0.15) is 32.8 Å². The molecule has 0 unspecified atom stereocenters. The van der Waals surface area contributed by atoms with Gasteiger partial charge in [0, 0.05) is 18.7 Å². The van der Waals surface area contributed by atoms with E-state index in [0.29, 0.717) is 5.56 Å². The summed E-state index contributed by atoms with van der Waals surface area (Å²) in [5.74, 6) is -1.49. The maximum atomic E-state index is 13.5. The van der Waals surface area contributed by atoms with Crippen molar-refractivity contribution < 1.29 is 27.3 Å². The maximum absolute atomic E-state index is 13.5. The SMILES string of the molecule is CCOC(=O)C[C@@H](C(C)C)N(Cc1ccc(Cl)c([N+](=O)[O-])c1)S(=O)(=O)c1ccc(F)cc1. The highest BCUT2D eigenvalue weighted by Gasteiger charge is 2.35. The highest BCUT2D eigenvalue weighted by molar-refractivity contribution is 7.89. The lowest BCUT2D eigenvalue weighted by Crippen LogP contribution is -2.44. The summed E-state index contributed by atoms with van der Waals surface area (Å²) in [6, 6.07) is 7.46. The molecule has 0 heterocycles. The first-order valence-corrected chi connectivity index (χ1v) is 11.6. The Hall–Kier alpha value is -2.56. The molecule has 0 aliphatic rings. The van der Waals surface area contributed by atoms with E-state index in [1.165, 1.54) is 18.2 Å². The van der Waals surface area contributed by atoms with Crippen molar-refractivity contribution in [3.63, 3.8) is 0 Å². The van der Waals surface area contributed by atoms with Crippen LogP contribution in [0.5, 0.6) is 0 Å². The van der Waals surface area contributed by atoms with Gasteiger partial charge in [-0.15, -0.1) is 0 Å². The second kappa shape index (κ2) is 10.8. The average molecular weight is 487 g/mol. The number of nitro benzene ring substituents is 1. The molecule has 0 saturated heterocycles. The fourth-order valence-electron chi connectivity index (χ4n) is 3.16. The molecular formula is C21H24ClFN2O6S. The summed E-state index contributed by atoms with van der Waals surface area (Å²) < 4.78 is 46.5. The molecule has 2 rings (SSSR count). The van der Waals surface area contributed by atoms with Gasteiger partial charge >= 0.3 is 5.97 Å². The molecule has 0 N–H and O–H groups in total. The lowest BCUT2D eigenvalue weighted by atomic mass is 10.0. The zero-order chi connectivity index (χ0) is 24.1. The van der Waals surface area contributed by atoms with Gasteiger partial charge in [-0.25, -0.2) is 12.8 Å². The van der Waals surface area contributed by atoms with Crippen LogP contribution in [0.25, 0.3) is 0 Å². The molecule has 8 nitrogen and oxygen atoms in total. The monoisotopic (exact) mass is 486 g/mol. The minimum absolute atomic E-state index is 0.0846. The van der Waals surface area contributed by atoms with E-state index in [1.54, 1.807) is 20.8 Å². The van der Waals surface area contributed by atoms with Crippen molar-refractivity contribution in [3.8, 4) is 0 Å². The number of carbonyl (C=O) groups is 1. The zero-order valence-corrected chi connectivity index (χ0v) is 19.4. The molecular weight excluding hydrogens is 463 g/mol. The molecule has 0 bridgehead atoms. The summed E-state index contributed by atoms with van der Waals surface area (Å²) in [6.45, 7) is 5.02. The first kappa shape index (κ1) is 25.7. The molecule has 0 fully saturated rings.